The molecule has 0 fully saturated rings. The number of amides is 2. The van der Waals surface area contributed by atoms with Crippen LogP contribution in [0.15, 0.2) is 41.1 Å². The Morgan fingerprint density at radius 2 is 1.96 bits per heavy atom. The normalized spacial score (nSPS) is 11.5. The summed E-state index contributed by atoms with van der Waals surface area (Å²) in [5.41, 5.74) is 1.39. The molecule has 0 saturated carbocycles. The van der Waals surface area contributed by atoms with Crippen LogP contribution < -0.4 is 15.4 Å². The molecule has 2 amide bonds. The van der Waals surface area contributed by atoms with Crippen molar-refractivity contribution in [2.24, 2.45) is 5.92 Å². The summed E-state index contributed by atoms with van der Waals surface area (Å²) in [6.45, 7) is 0.416. The Kier molecular flexibility index (Phi) is 8.48. The molecule has 0 unspecified atom stereocenters. The summed E-state index contributed by atoms with van der Waals surface area (Å²) in [7, 11) is 1.54. The van der Waals surface area contributed by atoms with Gasteiger partial charge in [0.1, 0.15) is 5.75 Å². The second-order valence-electron chi connectivity index (χ2n) is 6.23. The Labute approximate surface area is 167 Å². The number of benzene rings is 1. The molecule has 0 saturated heterocycles. The Hall–Kier alpha value is -2.87. The van der Waals surface area contributed by atoms with Gasteiger partial charge in [0.15, 0.2) is 0 Å². The monoisotopic (exact) mass is 404 g/mol. The molecule has 0 aliphatic carbocycles. The van der Waals surface area contributed by atoms with Crippen LogP contribution in [-0.2, 0) is 16.0 Å². The number of thiophene rings is 1. The van der Waals surface area contributed by atoms with Gasteiger partial charge in [0, 0.05) is 30.5 Å². The van der Waals surface area contributed by atoms with Gasteiger partial charge in [-0.2, -0.15) is 11.3 Å². The van der Waals surface area contributed by atoms with Gasteiger partial charge in [0.25, 0.3) is 5.91 Å². The molecule has 7 nitrogen and oxygen atoms in total. The van der Waals surface area contributed by atoms with Crippen LogP contribution in [0.25, 0.3) is 0 Å². The molecule has 0 aliphatic rings. The van der Waals surface area contributed by atoms with Crippen LogP contribution >= 0.6 is 11.3 Å². The molecule has 0 spiro atoms. The van der Waals surface area contributed by atoms with Crippen molar-refractivity contribution in [1.82, 2.24) is 10.6 Å². The highest BCUT2D eigenvalue weighted by Gasteiger charge is 2.20. The van der Waals surface area contributed by atoms with E-state index in [2.05, 4.69) is 10.6 Å². The molecule has 150 valence electrons. The average molecular weight is 404 g/mol. The Morgan fingerprint density at radius 3 is 2.64 bits per heavy atom. The predicted octanol–water partition coefficient (Wildman–Crippen LogP) is 2.33. The van der Waals surface area contributed by atoms with Crippen LogP contribution in [0, 0.1) is 5.92 Å². The fraction of sp³-hybridized carbons (Fsp3) is 0.350. The summed E-state index contributed by atoms with van der Waals surface area (Å²) in [4.78, 5) is 35.3. The quantitative estimate of drug-likeness (QED) is 0.499. The number of hydrogen-bond acceptors (Lipinski definition) is 5. The smallest absolute Gasteiger partial charge is 0.308 e. The Balaban J connectivity index is 1.73. The molecule has 0 aliphatic heterocycles. The maximum absolute atomic E-state index is 12.0. The van der Waals surface area contributed by atoms with Gasteiger partial charge in [0.2, 0.25) is 5.91 Å². The third-order valence-corrected chi connectivity index (χ3v) is 4.89. The second kappa shape index (κ2) is 11.1. The van der Waals surface area contributed by atoms with Crippen LogP contribution in [0.5, 0.6) is 5.75 Å². The molecule has 1 aromatic heterocycles. The summed E-state index contributed by atoms with van der Waals surface area (Å²) in [5.74, 6) is -1.50. The number of hydrogen-bond donors (Lipinski definition) is 3. The van der Waals surface area contributed by atoms with Gasteiger partial charge < -0.3 is 20.5 Å². The highest BCUT2D eigenvalue weighted by atomic mass is 32.1. The van der Waals surface area contributed by atoms with E-state index in [0.29, 0.717) is 24.3 Å². The van der Waals surface area contributed by atoms with Crippen LogP contribution in [0.3, 0.4) is 0 Å². The lowest BCUT2D eigenvalue weighted by molar-refractivity contribution is -0.141. The van der Waals surface area contributed by atoms with Crippen molar-refractivity contribution in [2.45, 2.75) is 19.3 Å². The van der Waals surface area contributed by atoms with Crippen molar-refractivity contribution in [3.63, 3.8) is 0 Å². The van der Waals surface area contributed by atoms with Gasteiger partial charge >= 0.3 is 5.97 Å². The topological polar surface area (TPSA) is 105 Å². The SMILES string of the molecule is COc1ccccc1C[C@H](CNC(=O)CCCNC(=O)c1ccsc1)C(=O)O. The van der Waals surface area contributed by atoms with E-state index in [4.69, 9.17) is 4.74 Å². The number of carboxylic acids is 1. The first-order valence-corrected chi connectivity index (χ1v) is 9.87. The fourth-order valence-electron chi connectivity index (χ4n) is 2.66. The van der Waals surface area contributed by atoms with Gasteiger partial charge in [-0.05, 0) is 35.9 Å². The van der Waals surface area contributed by atoms with Crippen molar-refractivity contribution >= 4 is 29.1 Å². The number of carbonyl (C=O) groups is 3. The van der Waals surface area contributed by atoms with Crippen LogP contribution in [0.4, 0.5) is 0 Å². The lowest BCUT2D eigenvalue weighted by Gasteiger charge is -2.15. The zero-order valence-corrected chi connectivity index (χ0v) is 16.5. The number of nitrogens with one attached hydrogen (secondary N) is 2. The maximum Gasteiger partial charge on any atom is 0.308 e. The molecular formula is C20H24N2O5S. The molecule has 1 atom stereocenters. The third-order valence-electron chi connectivity index (χ3n) is 4.20. The molecule has 0 bridgehead atoms. The average Bonchev–Trinajstić information content (AvgIpc) is 3.23. The van der Waals surface area contributed by atoms with Crippen molar-refractivity contribution in [3.8, 4) is 5.75 Å². The van der Waals surface area contributed by atoms with Crippen LogP contribution in [0.1, 0.15) is 28.8 Å². The van der Waals surface area contributed by atoms with Crippen LogP contribution in [-0.4, -0.2) is 43.1 Å². The van der Waals surface area contributed by atoms with E-state index in [9.17, 15) is 19.5 Å². The zero-order valence-electron chi connectivity index (χ0n) is 15.6. The Bertz CT molecular complexity index is 792. The Morgan fingerprint density at radius 1 is 1.18 bits per heavy atom. The van der Waals surface area contributed by atoms with E-state index in [1.807, 2.05) is 23.6 Å². The number of carbonyl (C=O) groups excluding carboxylic acids is 2. The van der Waals surface area contributed by atoms with E-state index in [-0.39, 0.29) is 31.2 Å². The number of methoxy groups -OCH3 is 1. The molecule has 0 radical (unpaired) electrons. The summed E-state index contributed by atoms with van der Waals surface area (Å²) in [6.07, 6.45) is 0.952. The minimum absolute atomic E-state index is 0.0352. The minimum atomic E-state index is -0.978. The zero-order chi connectivity index (χ0) is 20.4. The molecule has 2 aromatic rings. The highest BCUT2D eigenvalue weighted by molar-refractivity contribution is 7.08. The summed E-state index contributed by atoms with van der Waals surface area (Å²) >= 11 is 1.45. The first kappa shape index (κ1) is 21.4. The number of aliphatic carboxylic acids is 1. The van der Waals surface area contributed by atoms with Crippen molar-refractivity contribution in [2.75, 3.05) is 20.2 Å². The second-order valence-corrected chi connectivity index (χ2v) is 7.01. The highest BCUT2D eigenvalue weighted by Crippen LogP contribution is 2.21. The van der Waals surface area contributed by atoms with Gasteiger partial charge in [-0.1, -0.05) is 18.2 Å². The third kappa shape index (κ3) is 6.70. The molecule has 28 heavy (non-hydrogen) atoms. The van der Waals surface area contributed by atoms with E-state index in [0.717, 1.165) is 5.56 Å². The van der Waals surface area contributed by atoms with E-state index in [1.54, 1.807) is 17.5 Å². The van der Waals surface area contributed by atoms with Gasteiger partial charge in [-0.15, -0.1) is 0 Å². The van der Waals surface area contributed by atoms with Crippen LogP contribution in [0.2, 0.25) is 0 Å². The van der Waals surface area contributed by atoms with E-state index in [1.165, 1.54) is 18.4 Å². The largest absolute Gasteiger partial charge is 0.496 e. The van der Waals surface area contributed by atoms with Crippen molar-refractivity contribution in [3.05, 3.63) is 52.2 Å². The van der Waals surface area contributed by atoms with Gasteiger partial charge in [-0.3, -0.25) is 14.4 Å². The van der Waals surface area contributed by atoms with Crippen molar-refractivity contribution < 1.29 is 24.2 Å². The number of ether oxygens (including phenoxy) is 1. The molecular weight excluding hydrogens is 380 g/mol. The molecule has 2 rings (SSSR count). The minimum Gasteiger partial charge on any atom is -0.496 e. The number of rotatable bonds is 11. The standard InChI is InChI=1S/C20H24N2O5S/c1-27-17-6-3-2-5-14(17)11-16(20(25)26)12-22-18(23)7-4-9-21-19(24)15-8-10-28-13-15/h2-3,5-6,8,10,13,16H,4,7,9,11-12H2,1H3,(H,21,24)(H,22,23)(H,25,26)/t16-/m1/s1. The first-order chi connectivity index (χ1) is 13.5. The van der Waals surface area contributed by atoms with Crippen molar-refractivity contribution in [1.29, 1.82) is 0 Å². The fourth-order valence-corrected chi connectivity index (χ4v) is 3.29. The lowest BCUT2D eigenvalue weighted by atomic mass is 9.98. The lowest BCUT2D eigenvalue weighted by Crippen LogP contribution is -2.34. The number of para-hydroxylation sites is 1. The molecule has 1 aromatic carbocycles. The maximum atomic E-state index is 12.0. The van der Waals surface area contributed by atoms with Gasteiger partial charge in [0.05, 0.1) is 13.0 Å². The summed E-state index contributed by atoms with van der Waals surface area (Å²) in [5, 5.41) is 18.4. The summed E-state index contributed by atoms with van der Waals surface area (Å²) < 4.78 is 5.25. The predicted molar refractivity (Wildman–Crippen MR) is 107 cm³/mol. The molecule has 1 heterocycles. The first-order valence-electron chi connectivity index (χ1n) is 8.93. The number of carboxylic acid groups (broad SMARTS) is 1. The van der Waals surface area contributed by atoms with Gasteiger partial charge in [-0.25, -0.2) is 0 Å². The molecule has 3 N–H and O–H groups in total. The summed E-state index contributed by atoms with van der Waals surface area (Å²) in [6, 6.07) is 8.96. The van der Waals surface area contributed by atoms with E-state index < -0.39 is 11.9 Å². The van der Waals surface area contributed by atoms with E-state index >= 15 is 0 Å². The molecule has 8 heteroatoms.